The van der Waals surface area contributed by atoms with Crippen molar-refractivity contribution in [3.05, 3.63) is 32.9 Å². The van der Waals surface area contributed by atoms with Gasteiger partial charge in [-0.25, -0.2) is 4.79 Å². The molecular weight excluding hydrogens is 411 g/mol. The zero-order valence-electron chi connectivity index (χ0n) is 17.9. The van der Waals surface area contributed by atoms with Crippen molar-refractivity contribution in [2.24, 2.45) is 0 Å². The molecule has 0 saturated carbocycles. The van der Waals surface area contributed by atoms with Gasteiger partial charge in [0.05, 0.1) is 6.20 Å². The van der Waals surface area contributed by atoms with Gasteiger partial charge < -0.3 is 14.9 Å². The molecule has 1 saturated heterocycles. The topological polar surface area (TPSA) is 139 Å². The number of unbranched alkanes of at least 4 members (excludes halogenated alkanes) is 4. The highest BCUT2D eigenvalue weighted by molar-refractivity contribution is 5.91. The highest BCUT2D eigenvalue weighted by Crippen LogP contribution is 2.40. The van der Waals surface area contributed by atoms with Gasteiger partial charge in [-0.05, 0) is 12.8 Å². The molecule has 3 N–H and O–H groups in total. The maximum Gasteiger partial charge on any atom is 0.330 e. The van der Waals surface area contributed by atoms with Crippen molar-refractivity contribution in [3.63, 3.8) is 0 Å². The number of ketones is 2. The van der Waals surface area contributed by atoms with Gasteiger partial charge in [-0.1, -0.05) is 39.5 Å². The van der Waals surface area contributed by atoms with Crippen molar-refractivity contribution in [3.8, 4) is 0 Å². The molecular formula is C21H31FN2O7. The Labute approximate surface area is 179 Å². The van der Waals surface area contributed by atoms with E-state index in [4.69, 9.17) is 4.74 Å². The Bertz CT molecular complexity index is 896. The third kappa shape index (κ3) is 5.75. The summed E-state index contributed by atoms with van der Waals surface area (Å²) in [5.41, 5.74) is -4.45. The number of hydrogen-bond donors (Lipinski definition) is 3. The van der Waals surface area contributed by atoms with E-state index >= 15 is 0 Å². The number of aromatic amines is 1. The number of aromatic nitrogens is 2. The van der Waals surface area contributed by atoms with Crippen molar-refractivity contribution < 1.29 is 28.9 Å². The van der Waals surface area contributed by atoms with E-state index in [1.165, 1.54) is 0 Å². The highest BCUT2D eigenvalue weighted by Gasteiger charge is 2.56. The summed E-state index contributed by atoms with van der Waals surface area (Å²) in [5, 5.41) is 21.8. The predicted molar refractivity (Wildman–Crippen MR) is 109 cm³/mol. The van der Waals surface area contributed by atoms with Crippen LogP contribution in [0.1, 0.15) is 77.9 Å². The number of carbonyl (C=O) groups is 2. The first-order valence-electron chi connectivity index (χ1n) is 10.8. The molecule has 1 aromatic rings. The van der Waals surface area contributed by atoms with Crippen LogP contribution in [-0.4, -0.2) is 49.1 Å². The molecule has 174 valence electrons. The molecule has 9 nitrogen and oxygen atoms in total. The third-order valence-electron chi connectivity index (χ3n) is 5.63. The van der Waals surface area contributed by atoms with E-state index in [-0.39, 0.29) is 12.8 Å². The number of hydrogen-bond acceptors (Lipinski definition) is 7. The summed E-state index contributed by atoms with van der Waals surface area (Å²) < 4.78 is 20.0. The van der Waals surface area contributed by atoms with Gasteiger partial charge in [-0.2, -0.15) is 4.39 Å². The molecule has 0 radical (unpaired) electrons. The zero-order valence-corrected chi connectivity index (χ0v) is 17.9. The molecule has 0 spiro atoms. The lowest BCUT2D eigenvalue weighted by molar-refractivity contribution is -0.160. The number of H-pyrrole nitrogens is 1. The number of aliphatic hydroxyl groups is 2. The van der Waals surface area contributed by atoms with Crippen LogP contribution in [-0.2, 0) is 14.3 Å². The molecule has 0 amide bonds. The minimum Gasteiger partial charge on any atom is -0.382 e. The van der Waals surface area contributed by atoms with Crippen LogP contribution < -0.4 is 11.2 Å². The Hall–Kier alpha value is -2.17. The van der Waals surface area contributed by atoms with Crippen LogP contribution in [0.25, 0.3) is 0 Å². The Morgan fingerprint density at radius 3 is 2.45 bits per heavy atom. The summed E-state index contributed by atoms with van der Waals surface area (Å²) in [6.45, 7) is 3.91. The molecule has 1 unspecified atom stereocenters. The van der Waals surface area contributed by atoms with Crippen LogP contribution in [0.15, 0.2) is 15.8 Å². The van der Waals surface area contributed by atoms with Gasteiger partial charge in [0.15, 0.2) is 17.2 Å². The Balaban J connectivity index is 2.33. The Morgan fingerprint density at radius 1 is 1.23 bits per heavy atom. The van der Waals surface area contributed by atoms with Crippen LogP contribution in [0.2, 0.25) is 0 Å². The zero-order chi connectivity index (χ0) is 23.2. The Kier molecular flexibility index (Phi) is 8.84. The van der Waals surface area contributed by atoms with E-state index in [1.807, 2.05) is 13.8 Å². The van der Waals surface area contributed by atoms with Gasteiger partial charge in [0.1, 0.15) is 18.4 Å². The number of rotatable bonds is 12. The van der Waals surface area contributed by atoms with Crippen molar-refractivity contribution in [2.75, 3.05) is 0 Å². The van der Waals surface area contributed by atoms with Crippen LogP contribution >= 0.6 is 0 Å². The molecule has 10 heteroatoms. The molecule has 1 aliphatic heterocycles. The van der Waals surface area contributed by atoms with Gasteiger partial charge in [0.2, 0.25) is 5.82 Å². The van der Waals surface area contributed by atoms with E-state index < -0.39 is 59.1 Å². The molecule has 2 rings (SSSR count). The lowest BCUT2D eigenvalue weighted by atomic mass is 9.83. The van der Waals surface area contributed by atoms with Gasteiger partial charge in [-0.3, -0.25) is 23.9 Å². The van der Waals surface area contributed by atoms with Crippen molar-refractivity contribution in [2.45, 2.75) is 95.7 Å². The summed E-state index contributed by atoms with van der Waals surface area (Å²) in [6, 6.07) is 0. The molecule has 0 aromatic carbocycles. The minimum atomic E-state index is -2.23. The summed E-state index contributed by atoms with van der Waals surface area (Å²) in [7, 11) is 0. The second-order valence-corrected chi connectivity index (χ2v) is 8.03. The molecule has 0 bridgehead atoms. The highest BCUT2D eigenvalue weighted by atomic mass is 19.1. The number of halogens is 1. The quantitative estimate of drug-likeness (QED) is 0.415. The lowest BCUT2D eigenvalue weighted by Crippen LogP contribution is -2.53. The fourth-order valence-electron chi connectivity index (χ4n) is 3.78. The lowest BCUT2D eigenvalue weighted by Gasteiger charge is -2.29. The van der Waals surface area contributed by atoms with Crippen molar-refractivity contribution in [1.29, 1.82) is 0 Å². The maximum atomic E-state index is 13.7. The van der Waals surface area contributed by atoms with Gasteiger partial charge in [0, 0.05) is 19.3 Å². The number of Topliss-reactive ketones (excluding diaryl/α,β-unsaturated/α-hetero) is 2. The van der Waals surface area contributed by atoms with Crippen LogP contribution in [0.3, 0.4) is 0 Å². The predicted octanol–water partition coefficient (Wildman–Crippen LogP) is 1.35. The Morgan fingerprint density at radius 2 is 1.84 bits per heavy atom. The largest absolute Gasteiger partial charge is 0.382 e. The molecule has 1 fully saturated rings. The number of aliphatic hydroxyl groups excluding tert-OH is 1. The molecule has 4 atom stereocenters. The first-order valence-corrected chi connectivity index (χ1v) is 10.8. The van der Waals surface area contributed by atoms with Gasteiger partial charge in [-0.15, -0.1) is 0 Å². The summed E-state index contributed by atoms with van der Waals surface area (Å²) in [5.74, 6) is -2.45. The first kappa shape index (κ1) is 25.1. The molecule has 1 aliphatic rings. The van der Waals surface area contributed by atoms with E-state index in [1.54, 1.807) is 4.98 Å². The average molecular weight is 442 g/mol. The minimum absolute atomic E-state index is 0.00253. The summed E-state index contributed by atoms with van der Waals surface area (Å²) in [6.07, 6.45) is -0.258. The fraction of sp³-hybridized carbons (Fsp3) is 0.714. The monoisotopic (exact) mass is 442 g/mol. The molecule has 0 aliphatic carbocycles. The van der Waals surface area contributed by atoms with Gasteiger partial charge in [0.25, 0.3) is 5.56 Å². The van der Waals surface area contributed by atoms with E-state index in [2.05, 4.69) is 0 Å². The third-order valence-corrected chi connectivity index (χ3v) is 5.63. The van der Waals surface area contributed by atoms with Crippen molar-refractivity contribution >= 4 is 11.6 Å². The molecule has 2 heterocycles. The molecule has 31 heavy (non-hydrogen) atoms. The van der Waals surface area contributed by atoms with Crippen LogP contribution in [0, 0.1) is 5.82 Å². The van der Waals surface area contributed by atoms with Crippen LogP contribution in [0.4, 0.5) is 4.39 Å². The van der Waals surface area contributed by atoms with E-state index in [0.717, 1.165) is 25.7 Å². The average Bonchev–Trinajstić information content (AvgIpc) is 3.08. The smallest absolute Gasteiger partial charge is 0.330 e. The van der Waals surface area contributed by atoms with Crippen molar-refractivity contribution in [1.82, 2.24) is 9.55 Å². The maximum absolute atomic E-state index is 13.7. The molecule has 1 aromatic heterocycles. The second-order valence-electron chi connectivity index (χ2n) is 8.03. The SMILES string of the molecule is CCCCCC(=O)C(O)[C@H]1O[C@@H](n2cc(F)c(=O)[nH]c2=O)C[C@@]1(O)C(=O)CCCCC. The van der Waals surface area contributed by atoms with E-state index in [0.29, 0.717) is 23.6 Å². The fourth-order valence-corrected chi connectivity index (χ4v) is 3.78. The summed E-state index contributed by atoms with van der Waals surface area (Å²) >= 11 is 0. The standard InChI is InChI=1S/C21H31FN2O7/c1-3-5-7-9-14(25)17(27)18-21(30,15(26)10-8-6-4-2)11-16(31-18)24-12-13(22)19(28)23-20(24)29/h12,16-18,27,30H,3-11H2,1-2H3,(H,23,28,29)/t16-,17?,18-,21-/m1/s1. The van der Waals surface area contributed by atoms with E-state index in [9.17, 15) is 33.8 Å². The number of carbonyl (C=O) groups excluding carboxylic acids is 2. The number of nitrogens with one attached hydrogen (secondary N) is 1. The van der Waals surface area contributed by atoms with Crippen LogP contribution in [0.5, 0.6) is 0 Å². The number of nitrogens with zero attached hydrogens (tertiary/aromatic N) is 1. The first-order chi connectivity index (χ1) is 14.7. The summed E-state index contributed by atoms with van der Waals surface area (Å²) in [4.78, 5) is 50.5. The normalized spacial score (nSPS) is 24.3. The second kappa shape index (κ2) is 10.9. The number of ether oxygens (including phenoxy) is 1. The van der Waals surface area contributed by atoms with Gasteiger partial charge >= 0.3 is 5.69 Å².